The highest BCUT2D eigenvalue weighted by Gasteiger charge is 2.45. The van der Waals surface area contributed by atoms with Crippen LogP contribution < -0.4 is 4.74 Å². The van der Waals surface area contributed by atoms with Crippen molar-refractivity contribution >= 4 is 23.4 Å². The van der Waals surface area contributed by atoms with E-state index in [9.17, 15) is 14.7 Å². The smallest absolute Gasteiger partial charge is 0.410 e. The summed E-state index contributed by atoms with van der Waals surface area (Å²) in [5.41, 5.74) is 0.391. The van der Waals surface area contributed by atoms with Crippen molar-refractivity contribution < 1.29 is 24.2 Å². The van der Waals surface area contributed by atoms with Gasteiger partial charge in [-0.15, -0.1) is 11.3 Å². The van der Waals surface area contributed by atoms with E-state index in [1.165, 1.54) is 11.3 Å². The lowest BCUT2D eigenvalue weighted by atomic mass is 10.00. The SMILES string of the molecule is Cc1cnc(-c2cc(OC3CC4CCC(C3)N4C(=O)OC(C)(C)C)cc(C(=O)O)c2)s1. The van der Waals surface area contributed by atoms with E-state index in [0.29, 0.717) is 18.6 Å². The molecule has 0 aliphatic carbocycles. The molecule has 0 saturated carbocycles. The molecular weight excluding hydrogens is 416 g/mol. The minimum atomic E-state index is -1.00. The number of amides is 1. The highest BCUT2D eigenvalue weighted by Crippen LogP contribution is 2.39. The number of thiazole rings is 1. The first-order valence-electron chi connectivity index (χ1n) is 10.6. The van der Waals surface area contributed by atoms with Gasteiger partial charge in [0.05, 0.1) is 5.56 Å². The number of benzene rings is 1. The van der Waals surface area contributed by atoms with Crippen molar-refractivity contribution in [2.45, 2.75) is 77.2 Å². The number of hydrogen-bond donors (Lipinski definition) is 1. The molecule has 3 heterocycles. The highest BCUT2D eigenvalue weighted by molar-refractivity contribution is 7.14. The van der Waals surface area contributed by atoms with Gasteiger partial charge in [-0.2, -0.15) is 0 Å². The molecule has 1 aromatic heterocycles. The Morgan fingerprint density at radius 2 is 1.84 bits per heavy atom. The lowest BCUT2D eigenvalue weighted by molar-refractivity contribution is -0.00711. The minimum Gasteiger partial charge on any atom is -0.490 e. The first-order valence-corrected chi connectivity index (χ1v) is 11.4. The van der Waals surface area contributed by atoms with Crippen LogP contribution in [0.25, 0.3) is 10.6 Å². The molecule has 1 N–H and O–H groups in total. The number of carbonyl (C=O) groups excluding carboxylic acids is 1. The predicted molar refractivity (Wildman–Crippen MR) is 118 cm³/mol. The second-order valence-electron chi connectivity index (χ2n) is 9.31. The third-order valence-corrected chi connectivity index (χ3v) is 6.58. The van der Waals surface area contributed by atoms with E-state index in [1.807, 2.05) is 38.7 Å². The summed E-state index contributed by atoms with van der Waals surface area (Å²) < 4.78 is 11.9. The van der Waals surface area contributed by atoms with Gasteiger partial charge in [-0.05, 0) is 58.7 Å². The van der Waals surface area contributed by atoms with Crippen molar-refractivity contribution in [1.29, 1.82) is 0 Å². The molecule has 4 rings (SSSR count). The van der Waals surface area contributed by atoms with Crippen LogP contribution in [0.2, 0.25) is 0 Å². The van der Waals surface area contributed by atoms with Crippen LogP contribution in [-0.4, -0.2) is 50.8 Å². The minimum absolute atomic E-state index is 0.0777. The molecule has 7 nitrogen and oxygen atoms in total. The van der Waals surface area contributed by atoms with Crippen LogP contribution >= 0.6 is 11.3 Å². The Labute approximate surface area is 186 Å². The number of ether oxygens (including phenoxy) is 2. The Bertz CT molecular complexity index is 982. The molecule has 31 heavy (non-hydrogen) atoms. The first kappa shape index (κ1) is 21.6. The Morgan fingerprint density at radius 3 is 2.39 bits per heavy atom. The van der Waals surface area contributed by atoms with Crippen LogP contribution in [-0.2, 0) is 4.74 Å². The Kier molecular flexibility index (Phi) is 5.68. The summed E-state index contributed by atoms with van der Waals surface area (Å²) in [5.74, 6) is -0.474. The number of carboxylic acid groups (broad SMARTS) is 1. The zero-order chi connectivity index (χ0) is 22.3. The maximum Gasteiger partial charge on any atom is 0.410 e. The number of piperidine rings is 1. The molecule has 0 radical (unpaired) electrons. The fraction of sp³-hybridized carbons (Fsp3) is 0.522. The van der Waals surface area contributed by atoms with E-state index in [-0.39, 0.29) is 29.8 Å². The molecule has 2 saturated heterocycles. The van der Waals surface area contributed by atoms with Gasteiger partial charge in [-0.1, -0.05) is 0 Å². The molecule has 2 aliphatic rings. The molecule has 8 heteroatoms. The van der Waals surface area contributed by atoms with Crippen molar-refractivity contribution in [3.63, 3.8) is 0 Å². The van der Waals surface area contributed by atoms with Gasteiger partial charge in [-0.25, -0.2) is 14.6 Å². The van der Waals surface area contributed by atoms with Gasteiger partial charge in [0.2, 0.25) is 0 Å². The second-order valence-corrected chi connectivity index (χ2v) is 10.5. The third kappa shape index (κ3) is 4.84. The summed E-state index contributed by atoms with van der Waals surface area (Å²) in [4.78, 5) is 31.6. The van der Waals surface area contributed by atoms with Crippen molar-refractivity contribution in [3.8, 4) is 16.3 Å². The predicted octanol–water partition coefficient (Wildman–Crippen LogP) is 5.13. The van der Waals surface area contributed by atoms with Gasteiger partial charge in [0.15, 0.2) is 0 Å². The van der Waals surface area contributed by atoms with E-state index in [4.69, 9.17) is 9.47 Å². The Balaban J connectivity index is 1.51. The zero-order valence-electron chi connectivity index (χ0n) is 18.3. The van der Waals surface area contributed by atoms with Crippen LogP contribution in [0.3, 0.4) is 0 Å². The van der Waals surface area contributed by atoms with Crippen molar-refractivity contribution in [2.75, 3.05) is 0 Å². The lowest BCUT2D eigenvalue weighted by Crippen LogP contribution is -2.50. The van der Waals surface area contributed by atoms with Crippen LogP contribution in [0, 0.1) is 6.92 Å². The summed E-state index contributed by atoms with van der Waals surface area (Å²) in [5, 5.41) is 10.3. The number of fused-ring (bicyclic) bond motifs is 2. The van der Waals surface area contributed by atoms with Gasteiger partial charge in [0.1, 0.15) is 22.5 Å². The molecule has 0 spiro atoms. The van der Waals surface area contributed by atoms with Crippen LogP contribution in [0.5, 0.6) is 5.75 Å². The average Bonchev–Trinajstić information content (AvgIpc) is 3.21. The molecule has 166 valence electrons. The fourth-order valence-electron chi connectivity index (χ4n) is 4.43. The second kappa shape index (κ2) is 8.15. The summed E-state index contributed by atoms with van der Waals surface area (Å²) in [6.07, 6.45) is 4.72. The summed E-state index contributed by atoms with van der Waals surface area (Å²) in [7, 11) is 0. The first-order chi connectivity index (χ1) is 14.6. The number of aromatic carboxylic acids is 1. The summed E-state index contributed by atoms with van der Waals surface area (Å²) >= 11 is 1.52. The number of hydrogen-bond acceptors (Lipinski definition) is 6. The third-order valence-electron chi connectivity index (χ3n) is 5.62. The molecule has 2 unspecified atom stereocenters. The van der Waals surface area contributed by atoms with Gasteiger partial charge < -0.3 is 19.5 Å². The van der Waals surface area contributed by atoms with E-state index < -0.39 is 11.6 Å². The number of aromatic nitrogens is 1. The van der Waals surface area contributed by atoms with Crippen LogP contribution in [0.4, 0.5) is 4.79 Å². The quantitative estimate of drug-likeness (QED) is 0.704. The van der Waals surface area contributed by atoms with Gasteiger partial charge in [-0.3, -0.25) is 0 Å². The van der Waals surface area contributed by atoms with Crippen molar-refractivity contribution in [1.82, 2.24) is 9.88 Å². The molecule has 2 fully saturated rings. The van der Waals surface area contributed by atoms with Crippen LogP contribution in [0.1, 0.15) is 61.7 Å². The van der Waals surface area contributed by atoms with E-state index in [2.05, 4.69) is 4.98 Å². The average molecular weight is 445 g/mol. The zero-order valence-corrected chi connectivity index (χ0v) is 19.1. The molecule has 2 bridgehead atoms. The van der Waals surface area contributed by atoms with Gasteiger partial charge >= 0.3 is 12.1 Å². The molecule has 2 atom stereocenters. The van der Waals surface area contributed by atoms with E-state index in [1.54, 1.807) is 18.3 Å². The Hall–Kier alpha value is -2.61. The largest absolute Gasteiger partial charge is 0.490 e. The molecular formula is C23H28N2O5S. The fourth-order valence-corrected chi connectivity index (χ4v) is 5.18. The maximum atomic E-state index is 12.7. The highest BCUT2D eigenvalue weighted by atomic mass is 32.1. The van der Waals surface area contributed by atoms with Crippen molar-refractivity contribution in [2.24, 2.45) is 0 Å². The molecule has 1 aromatic carbocycles. The number of carboxylic acids is 1. The number of rotatable bonds is 4. The topological polar surface area (TPSA) is 89.0 Å². The van der Waals surface area contributed by atoms with Crippen LogP contribution in [0.15, 0.2) is 24.4 Å². The van der Waals surface area contributed by atoms with E-state index >= 15 is 0 Å². The Morgan fingerprint density at radius 1 is 1.16 bits per heavy atom. The summed E-state index contributed by atoms with van der Waals surface area (Å²) in [6.45, 7) is 7.59. The standard InChI is InChI=1S/C23H28N2O5S/c1-13-12-24-20(31-13)14-7-15(21(26)27)9-18(8-14)29-19-10-16-5-6-17(11-19)25(16)22(28)30-23(2,3)4/h7-9,12,16-17,19H,5-6,10-11H2,1-4H3,(H,26,27). The summed E-state index contributed by atoms with van der Waals surface area (Å²) in [6, 6.07) is 5.22. The van der Waals surface area contributed by atoms with Gasteiger partial charge in [0, 0.05) is 41.6 Å². The monoisotopic (exact) mass is 444 g/mol. The lowest BCUT2D eigenvalue weighted by Gasteiger charge is -2.39. The molecule has 2 aromatic rings. The van der Waals surface area contributed by atoms with Crippen molar-refractivity contribution in [3.05, 3.63) is 34.8 Å². The molecule has 2 aliphatic heterocycles. The van der Waals surface area contributed by atoms with Gasteiger partial charge in [0.25, 0.3) is 0 Å². The number of nitrogens with zero attached hydrogens (tertiary/aromatic N) is 2. The number of aryl methyl sites for hydroxylation is 1. The number of carbonyl (C=O) groups is 2. The molecule has 1 amide bonds. The van der Waals surface area contributed by atoms with E-state index in [0.717, 1.165) is 28.3 Å². The normalized spacial score (nSPS) is 23.0. The maximum absolute atomic E-state index is 12.7.